The SMILES string of the molecule is CCC[C@H](NC(=O)CCc1ccsc1)C(=O)Nc1ncc(-c2ccccc2COC(C)C)s1. The van der Waals surface area contributed by atoms with Gasteiger partial charge in [-0.3, -0.25) is 9.59 Å². The number of aromatic nitrogens is 1. The van der Waals surface area contributed by atoms with Crippen molar-refractivity contribution in [1.29, 1.82) is 0 Å². The number of hydrogen-bond acceptors (Lipinski definition) is 6. The molecule has 6 nitrogen and oxygen atoms in total. The zero-order chi connectivity index (χ0) is 23.6. The number of amides is 2. The first-order chi connectivity index (χ1) is 16.0. The number of thiophene rings is 1. The van der Waals surface area contributed by atoms with Crippen molar-refractivity contribution in [2.24, 2.45) is 0 Å². The van der Waals surface area contributed by atoms with Crippen LogP contribution in [-0.4, -0.2) is 28.9 Å². The van der Waals surface area contributed by atoms with Crippen molar-refractivity contribution < 1.29 is 14.3 Å². The number of benzene rings is 1. The summed E-state index contributed by atoms with van der Waals surface area (Å²) in [5.41, 5.74) is 3.26. The van der Waals surface area contributed by atoms with Gasteiger partial charge in [-0.05, 0) is 60.2 Å². The lowest BCUT2D eigenvalue weighted by Crippen LogP contribution is -2.43. The van der Waals surface area contributed by atoms with Crippen LogP contribution in [0.25, 0.3) is 10.4 Å². The Kier molecular flexibility index (Phi) is 9.60. The monoisotopic (exact) mass is 485 g/mol. The molecule has 1 aromatic carbocycles. The summed E-state index contributed by atoms with van der Waals surface area (Å²) < 4.78 is 5.77. The zero-order valence-corrected chi connectivity index (χ0v) is 20.9. The number of hydrogen-bond donors (Lipinski definition) is 2. The maximum atomic E-state index is 12.9. The maximum absolute atomic E-state index is 12.9. The van der Waals surface area contributed by atoms with Crippen molar-refractivity contribution in [2.45, 2.75) is 65.2 Å². The van der Waals surface area contributed by atoms with Crippen molar-refractivity contribution in [1.82, 2.24) is 10.3 Å². The summed E-state index contributed by atoms with van der Waals surface area (Å²) in [6.45, 7) is 6.53. The Hall–Kier alpha value is -2.55. The molecule has 0 saturated carbocycles. The van der Waals surface area contributed by atoms with Crippen LogP contribution in [0.4, 0.5) is 5.13 Å². The summed E-state index contributed by atoms with van der Waals surface area (Å²) in [5, 5.41) is 10.3. The van der Waals surface area contributed by atoms with Gasteiger partial charge in [-0.2, -0.15) is 11.3 Å². The third-order valence-corrected chi connectivity index (χ3v) is 6.72. The maximum Gasteiger partial charge on any atom is 0.248 e. The predicted octanol–water partition coefficient (Wildman–Crippen LogP) is 5.65. The summed E-state index contributed by atoms with van der Waals surface area (Å²) >= 11 is 3.03. The van der Waals surface area contributed by atoms with Crippen LogP contribution in [0.15, 0.2) is 47.3 Å². The van der Waals surface area contributed by atoms with Gasteiger partial charge in [0.25, 0.3) is 0 Å². The summed E-state index contributed by atoms with van der Waals surface area (Å²) in [5.74, 6) is -0.355. The molecule has 0 fully saturated rings. The Morgan fingerprint density at radius 1 is 1.18 bits per heavy atom. The minimum atomic E-state index is -0.580. The van der Waals surface area contributed by atoms with Gasteiger partial charge in [-0.15, -0.1) is 0 Å². The van der Waals surface area contributed by atoms with Gasteiger partial charge in [0.2, 0.25) is 11.8 Å². The summed E-state index contributed by atoms with van der Waals surface area (Å²) in [6.07, 6.45) is 4.30. The molecule has 0 bridgehead atoms. The molecular formula is C25H31N3O3S2. The molecule has 2 N–H and O–H groups in total. The molecule has 3 aromatic rings. The van der Waals surface area contributed by atoms with Crippen molar-refractivity contribution >= 4 is 39.6 Å². The first kappa shape index (κ1) is 25.1. The number of thiazole rings is 1. The Morgan fingerprint density at radius 2 is 2.00 bits per heavy atom. The Morgan fingerprint density at radius 3 is 2.73 bits per heavy atom. The number of carbonyl (C=O) groups is 2. The van der Waals surface area contributed by atoms with E-state index >= 15 is 0 Å². The molecule has 176 valence electrons. The second-order valence-corrected chi connectivity index (χ2v) is 9.89. The summed E-state index contributed by atoms with van der Waals surface area (Å²) in [4.78, 5) is 30.6. The van der Waals surface area contributed by atoms with E-state index in [4.69, 9.17) is 4.74 Å². The van der Waals surface area contributed by atoms with Gasteiger partial charge in [-0.1, -0.05) is 48.9 Å². The molecule has 0 unspecified atom stereocenters. The van der Waals surface area contributed by atoms with Crippen LogP contribution >= 0.6 is 22.7 Å². The van der Waals surface area contributed by atoms with E-state index in [-0.39, 0.29) is 17.9 Å². The van der Waals surface area contributed by atoms with Crippen LogP contribution in [-0.2, 0) is 27.4 Å². The standard InChI is InChI=1S/C25H31N3O3S2/c1-4-7-21(27-23(29)11-10-18-12-13-32-16-18)24(30)28-25-26-14-22(33-25)20-9-6-5-8-19(20)15-31-17(2)3/h5-6,8-9,12-14,16-17,21H,4,7,10-11,15H2,1-3H3,(H,27,29)(H,26,28,30)/t21-/m0/s1. The van der Waals surface area contributed by atoms with Gasteiger partial charge in [-0.25, -0.2) is 4.98 Å². The lowest BCUT2D eigenvalue weighted by molar-refractivity contribution is -0.126. The molecule has 1 atom stereocenters. The van der Waals surface area contributed by atoms with E-state index in [1.54, 1.807) is 17.5 Å². The smallest absolute Gasteiger partial charge is 0.248 e. The number of aryl methyl sites for hydroxylation is 1. The number of rotatable bonds is 12. The third-order valence-electron chi connectivity index (χ3n) is 5.04. The number of nitrogens with one attached hydrogen (secondary N) is 2. The normalized spacial score (nSPS) is 12.0. The molecule has 0 radical (unpaired) electrons. The minimum absolute atomic E-state index is 0.117. The molecular weight excluding hydrogens is 454 g/mol. The number of nitrogens with zero attached hydrogens (tertiary/aromatic N) is 1. The van der Waals surface area contributed by atoms with Crippen LogP contribution in [0.1, 0.15) is 51.2 Å². The van der Waals surface area contributed by atoms with Crippen molar-refractivity contribution in [3.05, 3.63) is 58.4 Å². The Labute approximate surface area is 203 Å². The molecule has 2 aromatic heterocycles. The van der Waals surface area contributed by atoms with Crippen molar-refractivity contribution in [3.63, 3.8) is 0 Å². The lowest BCUT2D eigenvalue weighted by atomic mass is 10.1. The molecule has 2 heterocycles. The van der Waals surface area contributed by atoms with Crippen LogP contribution in [0.2, 0.25) is 0 Å². The largest absolute Gasteiger partial charge is 0.374 e. The molecule has 0 aliphatic carbocycles. The van der Waals surface area contributed by atoms with E-state index in [1.807, 2.05) is 61.9 Å². The molecule has 3 rings (SSSR count). The molecule has 0 aliphatic heterocycles. The highest BCUT2D eigenvalue weighted by molar-refractivity contribution is 7.19. The van der Waals surface area contributed by atoms with Gasteiger partial charge < -0.3 is 15.4 Å². The van der Waals surface area contributed by atoms with E-state index < -0.39 is 6.04 Å². The molecule has 0 saturated heterocycles. The number of carbonyl (C=O) groups excluding carboxylic acids is 2. The van der Waals surface area contributed by atoms with Gasteiger partial charge in [0.05, 0.1) is 17.6 Å². The fraction of sp³-hybridized carbons (Fsp3) is 0.400. The van der Waals surface area contributed by atoms with Crippen LogP contribution in [0, 0.1) is 0 Å². The number of ether oxygens (including phenoxy) is 1. The van der Waals surface area contributed by atoms with Crippen LogP contribution in [0.5, 0.6) is 0 Å². The van der Waals surface area contributed by atoms with Gasteiger partial charge >= 0.3 is 0 Å². The van der Waals surface area contributed by atoms with Gasteiger partial charge in [0, 0.05) is 12.6 Å². The predicted molar refractivity (Wildman–Crippen MR) is 136 cm³/mol. The Balaban J connectivity index is 1.61. The highest BCUT2D eigenvalue weighted by Crippen LogP contribution is 2.32. The van der Waals surface area contributed by atoms with E-state index in [0.717, 1.165) is 28.0 Å². The lowest BCUT2D eigenvalue weighted by Gasteiger charge is -2.17. The molecule has 2 amide bonds. The third kappa shape index (κ3) is 7.77. The molecule has 8 heteroatoms. The second kappa shape index (κ2) is 12.6. The fourth-order valence-corrected chi connectivity index (χ4v) is 4.89. The molecule has 0 spiro atoms. The second-order valence-electron chi connectivity index (χ2n) is 8.08. The topological polar surface area (TPSA) is 80.3 Å². The van der Waals surface area contributed by atoms with E-state index in [2.05, 4.69) is 15.6 Å². The minimum Gasteiger partial charge on any atom is -0.374 e. The highest BCUT2D eigenvalue weighted by Gasteiger charge is 2.21. The van der Waals surface area contributed by atoms with Gasteiger partial charge in [0.1, 0.15) is 6.04 Å². The van der Waals surface area contributed by atoms with E-state index in [9.17, 15) is 9.59 Å². The summed E-state index contributed by atoms with van der Waals surface area (Å²) in [7, 11) is 0. The Bertz CT molecular complexity index is 1030. The van der Waals surface area contributed by atoms with E-state index in [0.29, 0.717) is 31.0 Å². The summed E-state index contributed by atoms with van der Waals surface area (Å²) in [6, 6.07) is 9.48. The average molecular weight is 486 g/mol. The average Bonchev–Trinajstić information content (AvgIpc) is 3.48. The fourth-order valence-electron chi connectivity index (χ4n) is 3.31. The first-order valence-corrected chi connectivity index (χ1v) is 13.0. The first-order valence-electron chi connectivity index (χ1n) is 11.2. The molecule has 0 aliphatic rings. The van der Waals surface area contributed by atoms with Crippen molar-refractivity contribution in [3.8, 4) is 10.4 Å². The van der Waals surface area contributed by atoms with Crippen molar-refractivity contribution in [2.75, 3.05) is 5.32 Å². The number of anilines is 1. The van der Waals surface area contributed by atoms with E-state index in [1.165, 1.54) is 11.3 Å². The highest BCUT2D eigenvalue weighted by atomic mass is 32.1. The quantitative estimate of drug-likeness (QED) is 0.347. The van der Waals surface area contributed by atoms with Crippen LogP contribution in [0.3, 0.4) is 0 Å². The van der Waals surface area contributed by atoms with Gasteiger partial charge in [0.15, 0.2) is 5.13 Å². The zero-order valence-electron chi connectivity index (χ0n) is 19.3. The van der Waals surface area contributed by atoms with Crippen LogP contribution < -0.4 is 10.6 Å². The molecule has 33 heavy (non-hydrogen) atoms.